The van der Waals surface area contributed by atoms with Gasteiger partial charge in [-0.05, 0) is 24.3 Å². The minimum absolute atomic E-state index is 0.0262. The van der Waals surface area contributed by atoms with Gasteiger partial charge in [0.2, 0.25) is 0 Å². The van der Waals surface area contributed by atoms with E-state index in [1.54, 1.807) is 24.3 Å². The van der Waals surface area contributed by atoms with E-state index in [1.807, 2.05) is 0 Å². The highest BCUT2D eigenvalue weighted by atomic mass is 35.5. The number of hydrogen-bond acceptors (Lipinski definition) is 3. The van der Waals surface area contributed by atoms with Gasteiger partial charge in [-0.1, -0.05) is 11.6 Å². The van der Waals surface area contributed by atoms with E-state index in [2.05, 4.69) is 16.9 Å². The van der Waals surface area contributed by atoms with E-state index in [-0.39, 0.29) is 11.7 Å². The largest absolute Gasteiger partial charge is 0.549 e. The Labute approximate surface area is 102 Å². The van der Waals surface area contributed by atoms with Gasteiger partial charge in [-0.25, -0.2) is 0 Å². The second-order valence-electron chi connectivity index (χ2n) is 2.61. The lowest BCUT2D eigenvalue weighted by Gasteiger charge is -2.01. The molecule has 0 aliphatic rings. The standard InChI is InChI=1S/C8H7ClO2S.CH5N3/c9-6-1-3-7(4-2-6)12-5-8(10)11;2-1(3)4/h1-4H,5H2,(H,10,11);(H5,2,3,4). The molecule has 0 heterocycles. The molecule has 0 aromatic heterocycles. The summed E-state index contributed by atoms with van der Waals surface area (Å²) in [6.45, 7) is 0. The van der Waals surface area contributed by atoms with Crippen LogP contribution in [-0.4, -0.2) is 17.7 Å². The Morgan fingerprint density at radius 2 is 1.81 bits per heavy atom. The van der Waals surface area contributed by atoms with Crippen molar-refractivity contribution in [2.75, 3.05) is 5.75 Å². The molecule has 0 amide bonds. The number of rotatable bonds is 3. The predicted octanol–water partition coefficient (Wildman–Crippen LogP) is -1.80. The molecule has 0 saturated heterocycles. The number of thioether (sulfide) groups is 1. The summed E-state index contributed by atoms with van der Waals surface area (Å²) >= 11 is 6.85. The third kappa shape index (κ3) is 9.17. The summed E-state index contributed by atoms with van der Waals surface area (Å²) in [6, 6.07) is 6.99. The van der Waals surface area contributed by atoms with Crippen molar-refractivity contribution in [2.45, 2.75) is 4.90 Å². The van der Waals surface area contributed by atoms with E-state index < -0.39 is 5.97 Å². The van der Waals surface area contributed by atoms with E-state index in [0.717, 1.165) is 4.90 Å². The Morgan fingerprint density at radius 1 is 1.38 bits per heavy atom. The minimum Gasteiger partial charge on any atom is -0.549 e. The van der Waals surface area contributed by atoms with Crippen molar-refractivity contribution in [2.24, 2.45) is 11.5 Å². The maximum Gasteiger partial charge on any atom is 0.336 e. The van der Waals surface area contributed by atoms with Crippen molar-refractivity contribution in [3.63, 3.8) is 0 Å². The lowest BCUT2D eigenvalue weighted by atomic mass is 10.4. The van der Waals surface area contributed by atoms with Gasteiger partial charge in [0.1, 0.15) is 0 Å². The lowest BCUT2D eigenvalue weighted by Crippen LogP contribution is -2.51. The number of aliphatic carboxylic acids is 1. The van der Waals surface area contributed by atoms with Gasteiger partial charge in [0.05, 0.1) is 5.97 Å². The fourth-order valence-corrected chi connectivity index (χ4v) is 1.41. The molecule has 5 nitrogen and oxygen atoms in total. The van der Waals surface area contributed by atoms with E-state index >= 15 is 0 Å². The van der Waals surface area contributed by atoms with Crippen LogP contribution in [0.1, 0.15) is 0 Å². The molecule has 0 radical (unpaired) electrons. The quantitative estimate of drug-likeness (QED) is 0.337. The van der Waals surface area contributed by atoms with Crippen molar-refractivity contribution in [1.82, 2.24) is 0 Å². The summed E-state index contributed by atoms with van der Waals surface area (Å²) in [4.78, 5) is 11.0. The van der Waals surface area contributed by atoms with Crippen LogP contribution in [0.4, 0.5) is 0 Å². The fourth-order valence-electron chi connectivity index (χ4n) is 0.673. The molecule has 0 atom stereocenters. The molecule has 0 aliphatic carbocycles. The summed E-state index contributed by atoms with van der Waals surface area (Å²) in [7, 11) is 0. The van der Waals surface area contributed by atoms with Crippen LogP contribution in [0.5, 0.6) is 0 Å². The van der Waals surface area contributed by atoms with Gasteiger partial charge in [-0.3, -0.25) is 16.9 Å². The molecule has 0 spiro atoms. The highest BCUT2D eigenvalue weighted by Gasteiger charge is 1.93. The molecule has 6 N–H and O–H groups in total. The van der Waals surface area contributed by atoms with Crippen LogP contribution in [0.25, 0.3) is 0 Å². The van der Waals surface area contributed by atoms with E-state index in [0.29, 0.717) is 5.02 Å². The minimum atomic E-state index is -1.06. The topological polar surface area (TPSA) is 118 Å². The van der Waals surface area contributed by atoms with Gasteiger partial charge in [-0.2, -0.15) is 0 Å². The van der Waals surface area contributed by atoms with E-state index in [9.17, 15) is 9.90 Å². The number of hydrogen-bond donors (Lipinski definition) is 3. The molecule has 1 rings (SSSR count). The average Bonchev–Trinajstić information content (AvgIpc) is 2.16. The number of halogens is 1. The van der Waals surface area contributed by atoms with Crippen LogP contribution in [0.3, 0.4) is 0 Å². The predicted molar refractivity (Wildman–Crippen MR) is 62.5 cm³/mol. The Kier molecular flexibility index (Phi) is 7.15. The second kappa shape index (κ2) is 7.84. The first kappa shape index (κ1) is 14.6. The monoisotopic (exact) mass is 261 g/mol. The van der Waals surface area contributed by atoms with Gasteiger partial charge < -0.3 is 9.90 Å². The molecule has 0 aliphatic heterocycles. The average molecular weight is 262 g/mol. The highest BCUT2D eigenvalue weighted by molar-refractivity contribution is 8.00. The van der Waals surface area contributed by atoms with Crippen molar-refractivity contribution < 1.29 is 15.3 Å². The van der Waals surface area contributed by atoms with Crippen LogP contribution < -0.4 is 22.0 Å². The third-order valence-electron chi connectivity index (χ3n) is 1.17. The van der Waals surface area contributed by atoms with Crippen LogP contribution >= 0.6 is 23.4 Å². The smallest absolute Gasteiger partial charge is 0.336 e. The normalized spacial score (nSPS) is 8.81. The van der Waals surface area contributed by atoms with Crippen LogP contribution in [0, 0.1) is 0 Å². The zero-order chi connectivity index (χ0) is 12.6. The van der Waals surface area contributed by atoms with Crippen LogP contribution in [0.15, 0.2) is 29.2 Å². The van der Waals surface area contributed by atoms with Crippen molar-refractivity contribution in [3.05, 3.63) is 29.3 Å². The Bertz CT molecular complexity index is 352. The van der Waals surface area contributed by atoms with E-state index in [1.165, 1.54) is 11.8 Å². The SMILES string of the molecule is NC(N)=[NH2+].O=C([O-])CSc1ccc(Cl)cc1. The molecule has 1 aromatic rings. The molecule has 0 bridgehead atoms. The molecule has 1 aromatic carbocycles. The lowest BCUT2D eigenvalue weighted by molar-refractivity contribution is -0.301. The highest BCUT2D eigenvalue weighted by Crippen LogP contribution is 2.19. The fraction of sp³-hybridized carbons (Fsp3) is 0.111. The van der Waals surface area contributed by atoms with Crippen molar-refractivity contribution in [3.8, 4) is 0 Å². The second-order valence-corrected chi connectivity index (χ2v) is 4.10. The molecule has 88 valence electrons. The molecular weight excluding hydrogens is 250 g/mol. The number of carbonyl (C=O) groups excluding carboxylic acids is 1. The Hall–Kier alpha value is -1.40. The number of benzene rings is 1. The van der Waals surface area contributed by atoms with Gasteiger partial charge in [0, 0.05) is 15.7 Å². The zero-order valence-electron chi connectivity index (χ0n) is 8.35. The van der Waals surface area contributed by atoms with Crippen molar-refractivity contribution in [1.29, 1.82) is 0 Å². The molecule has 0 fully saturated rings. The first-order valence-corrected chi connectivity index (χ1v) is 5.49. The van der Waals surface area contributed by atoms with Crippen LogP contribution in [0.2, 0.25) is 5.02 Å². The van der Waals surface area contributed by atoms with Crippen LogP contribution in [-0.2, 0) is 4.79 Å². The number of nitrogens with two attached hydrogens (primary N) is 3. The number of carboxylic acids is 1. The first-order chi connectivity index (χ1) is 7.41. The molecule has 7 heteroatoms. The molecule has 16 heavy (non-hydrogen) atoms. The summed E-state index contributed by atoms with van der Waals surface area (Å²) in [5.74, 6) is -1.17. The first-order valence-electron chi connectivity index (χ1n) is 4.13. The van der Waals surface area contributed by atoms with E-state index in [4.69, 9.17) is 11.6 Å². The summed E-state index contributed by atoms with van der Waals surface area (Å²) in [5.41, 5.74) is 9.17. The van der Waals surface area contributed by atoms with Gasteiger partial charge in [0.15, 0.2) is 0 Å². The summed E-state index contributed by atoms with van der Waals surface area (Å²) < 4.78 is 0. The summed E-state index contributed by atoms with van der Waals surface area (Å²) in [6.07, 6.45) is 0. The van der Waals surface area contributed by atoms with Gasteiger partial charge >= 0.3 is 5.96 Å². The van der Waals surface area contributed by atoms with Gasteiger partial charge in [-0.15, -0.1) is 11.8 Å². The maximum absolute atomic E-state index is 10.1. The summed E-state index contributed by atoms with van der Waals surface area (Å²) in [5, 5.41) is 15.3. The molecule has 0 saturated carbocycles. The van der Waals surface area contributed by atoms with Crippen molar-refractivity contribution >= 4 is 35.3 Å². The van der Waals surface area contributed by atoms with Gasteiger partial charge in [0.25, 0.3) is 0 Å². The Morgan fingerprint density at radius 3 is 2.19 bits per heavy atom. The maximum atomic E-state index is 10.1. The number of carbonyl (C=O) groups is 1. The molecular formula is C9H12ClN3O2S. The zero-order valence-corrected chi connectivity index (χ0v) is 9.92. The Balaban J connectivity index is 0.000000487. The number of carboxylic acid groups (broad SMARTS) is 1. The molecule has 0 unspecified atom stereocenters. The third-order valence-corrected chi connectivity index (χ3v) is 2.41. The number of guanidine groups is 1.